The highest BCUT2D eigenvalue weighted by Gasteiger charge is 2.40. The Bertz CT molecular complexity index is 1260. The molecule has 4 aromatic rings. The average Bonchev–Trinajstić information content (AvgIpc) is 3.31. The van der Waals surface area contributed by atoms with Gasteiger partial charge >= 0.3 is 0 Å². The van der Waals surface area contributed by atoms with Gasteiger partial charge in [-0.05, 0) is 56.5 Å². The summed E-state index contributed by atoms with van der Waals surface area (Å²) in [5.74, 6) is 1.46. The summed E-state index contributed by atoms with van der Waals surface area (Å²) in [4.78, 5) is 14.0. The molecule has 5 nitrogen and oxygen atoms in total. The van der Waals surface area contributed by atoms with Crippen molar-refractivity contribution in [1.82, 2.24) is 19.5 Å². The molecule has 152 valence electrons. The van der Waals surface area contributed by atoms with E-state index in [1.807, 2.05) is 41.8 Å². The lowest BCUT2D eigenvalue weighted by Gasteiger charge is -2.13. The maximum atomic E-state index is 6.61. The molecule has 0 saturated heterocycles. The summed E-state index contributed by atoms with van der Waals surface area (Å²) in [7, 11) is 0. The van der Waals surface area contributed by atoms with Gasteiger partial charge in [-0.2, -0.15) is 0 Å². The van der Waals surface area contributed by atoms with Crippen molar-refractivity contribution >= 4 is 34.4 Å². The number of fused-ring (bicyclic) bond motifs is 1. The Morgan fingerprint density at radius 3 is 2.60 bits per heavy atom. The number of hydrogen-bond donors (Lipinski definition) is 0. The number of imidazole rings is 1. The maximum absolute atomic E-state index is 6.61. The first-order valence-corrected chi connectivity index (χ1v) is 10.6. The predicted octanol–water partition coefficient (Wildman–Crippen LogP) is 6.09. The third-order valence-corrected chi connectivity index (χ3v) is 5.92. The van der Waals surface area contributed by atoms with E-state index in [4.69, 9.17) is 32.9 Å². The highest BCUT2D eigenvalue weighted by molar-refractivity contribution is 6.33. The molecule has 0 spiro atoms. The van der Waals surface area contributed by atoms with E-state index >= 15 is 0 Å². The Morgan fingerprint density at radius 2 is 1.87 bits per heavy atom. The van der Waals surface area contributed by atoms with Crippen LogP contribution in [0.25, 0.3) is 22.6 Å². The Kier molecular flexibility index (Phi) is 4.68. The summed E-state index contributed by atoms with van der Waals surface area (Å²) in [6.07, 6.45) is 5.54. The number of ether oxygens (including phenoxy) is 1. The third kappa shape index (κ3) is 3.64. The van der Waals surface area contributed by atoms with Gasteiger partial charge in [0.1, 0.15) is 11.4 Å². The Labute approximate surface area is 184 Å². The molecule has 0 bridgehead atoms. The van der Waals surface area contributed by atoms with Crippen LogP contribution in [-0.2, 0) is 6.54 Å². The van der Waals surface area contributed by atoms with Crippen molar-refractivity contribution in [1.29, 1.82) is 0 Å². The van der Waals surface area contributed by atoms with Crippen LogP contribution in [0.5, 0.6) is 5.75 Å². The van der Waals surface area contributed by atoms with Gasteiger partial charge in [-0.1, -0.05) is 29.3 Å². The number of halogens is 2. The molecular formula is C23H20Cl2N4O. The number of rotatable bonds is 5. The SMILES string of the molecule is Cc1ccc(-c2nc3c(OC4(C)CC4)ccnc3n2Cc2cc(Cl)ccn2)c(Cl)c1. The number of nitrogens with zero attached hydrogens (tertiary/aromatic N) is 4. The summed E-state index contributed by atoms with van der Waals surface area (Å²) in [5, 5.41) is 1.28. The topological polar surface area (TPSA) is 52.8 Å². The molecule has 5 rings (SSSR count). The summed E-state index contributed by atoms with van der Waals surface area (Å²) >= 11 is 12.8. The zero-order valence-electron chi connectivity index (χ0n) is 16.7. The normalized spacial score (nSPS) is 14.8. The molecule has 0 radical (unpaired) electrons. The second kappa shape index (κ2) is 7.25. The van der Waals surface area contributed by atoms with Crippen LogP contribution in [0.3, 0.4) is 0 Å². The first-order valence-electron chi connectivity index (χ1n) is 9.83. The molecule has 1 aliphatic rings. The molecule has 0 aliphatic heterocycles. The van der Waals surface area contributed by atoms with Crippen LogP contribution in [0, 0.1) is 6.92 Å². The largest absolute Gasteiger partial charge is 0.485 e. The van der Waals surface area contributed by atoms with Gasteiger partial charge in [-0.15, -0.1) is 0 Å². The first-order chi connectivity index (χ1) is 14.4. The summed E-state index contributed by atoms with van der Waals surface area (Å²) in [5.41, 5.74) is 4.07. The van der Waals surface area contributed by atoms with Crippen LogP contribution < -0.4 is 4.74 Å². The van der Waals surface area contributed by atoms with Gasteiger partial charge in [0.05, 0.1) is 17.3 Å². The van der Waals surface area contributed by atoms with Crippen molar-refractivity contribution in [2.45, 2.75) is 38.8 Å². The van der Waals surface area contributed by atoms with Gasteiger partial charge in [0.2, 0.25) is 0 Å². The van der Waals surface area contributed by atoms with Crippen molar-refractivity contribution < 1.29 is 4.74 Å². The lowest BCUT2D eigenvalue weighted by atomic mass is 10.1. The fourth-order valence-electron chi connectivity index (χ4n) is 3.48. The molecule has 1 aromatic carbocycles. The molecule has 7 heteroatoms. The zero-order valence-corrected chi connectivity index (χ0v) is 18.2. The monoisotopic (exact) mass is 438 g/mol. The van der Waals surface area contributed by atoms with E-state index in [0.717, 1.165) is 52.4 Å². The number of aryl methyl sites for hydroxylation is 1. The number of hydrogen-bond acceptors (Lipinski definition) is 4. The van der Waals surface area contributed by atoms with Gasteiger partial charge in [-0.25, -0.2) is 9.97 Å². The standard InChI is InChI=1S/C23H20Cl2N4O/c1-14-3-4-17(18(25)11-14)21-28-20-19(30-23(2)7-8-23)6-10-27-22(20)29(21)13-16-12-15(24)5-9-26-16/h3-6,9-12H,7-8,13H2,1-2H3. The molecule has 0 atom stereocenters. The van der Waals surface area contributed by atoms with Gasteiger partial charge in [0.25, 0.3) is 0 Å². The molecule has 1 saturated carbocycles. The minimum Gasteiger partial charge on any atom is -0.485 e. The molecule has 0 unspecified atom stereocenters. The minimum absolute atomic E-state index is 0.117. The van der Waals surface area contributed by atoms with Crippen LogP contribution in [0.2, 0.25) is 10.0 Å². The Morgan fingerprint density at radius 1 is 1.07 bits per heavy atom. The molecule has 3 heterocycles. The number of aromatic nitrogens is 4. The highest BCUT2D eigenvalue weighted by Crippen LogP contribution is 2.42. The Balaban J connectivity index is 1.71. The highest BCUT2D eigenvalue weighted by atomic mass is 35.5. The summed E-state index contributed by atoms with van der Waals surface area (Å²) in [6.45, 7) is 4.59. The average molecular weight is 439 g/mol. The van der Waals surface area contributed by atoms with Crippen LogP contribution in [0.1, 0.15) is 31.0 Å². The molecule has 30 heavy (non-hydrogen) atoms. The maximum Gasteiger partial charge on any atom is 0.164 e. The van der Waals surface area contributed by atoms with Gasteiger partial charge < -0.3 is 9.30 Å². The fourth-order valence-corrected chi connectivity index (χ4v) is 3.98. The second-order valence-electron chi connectivity index (χ2n) is 8.00. The Hall–Kier alpha value is -2.63. The van der Waals surface area contributed by atoms with E-state index in [1.165, 1.54) is 0 Å². The zero-order chi connectivity index (χ0) is 20.9. The quantitative estimate of drug-likeness (QED) is 0.378. The van der Waals surface area contributed by atoms with E-state index in [-0.39, 0.29) is 5.60 Å². The first kappa shape index (κ1) is 19.3. The van der Waals surface area contributed by atoms with Crippen molar-refractivity contribution in [3.05, 3.63) is 70.1 Å². The summed E-state index contributed by atoms with van der Waals surface area (Å²) < 4.78 is 8.28. The number of pyridine rings is 2. The predicted molar refractivity (Wildman–Crippen MR) is 119 cm³/mol. The third-order valence-electron chi connectivity index (χ3n) is 5.37. The van der Waals surface area contributed by atoms with Crippen molar-refractivity contribution in [2.75, 3.05) is 0 Å². The molecule has 1 aliphatic carbocycles. The number of benzene rings is 1. The van der Waals surface area contributed by atoms with Crippen LogP contribution in [0.15, 0.2) is 48.8 Å². The van der Waals surface area contributed by atoms with Crippen molar-refractivity contribution in [2.24, 2.45) is 0 Å². The second-order valence-corrected chi connectivity index (χ2v) is 8.85. The van der Waals surface area contributed by atoms with Crippen LogP contribution in [0.4, 0.5) is 0 Å². The molecule has 0 amide bonds. The van der Waals surface area contributed by atoms with E-state index in [2.05, 4.69) is 16.9 Å². The molecule has 1 fully saturated rings. The molecule has 3 aromatic heterocycles. The molecular weight excluding hydrogens is 419 g/mol. The van der Waals surface area contributed by atoms with E-state index in [0.29, 0.717) is 16.6 Å². The van der Waals surface area contributed by atoms with E-state index in [1.54, 1.807) is 18.5 Å². The molecule has 0 N–H and O–H groups in total. The van der Waals surface area contributed by atoms with E-state index < -0.39 is 0 Å². The van der Waals surface area contributed by atoms with Crippen molar-refractivity contribution in [3.8, 4) is 17.1 Å². The van der Waals surface area contributed by atoms with Gasteiger partial charge in [0.15, 0.2) is 16.9 Å². The van der Waals surface area contributed by atoms with Crippen LogP contribution >= 0.6 is 23.2 Å². The van der Waals surface area contributed by atoms with Crippen molar-refractivity contribution in [3.63, 3.8) is 0 Å². The van der Waals surface area contributed by atoms with Crippen LogP contribution in [-0.4, -0.2) is 25.1 Å². The lowest BCUT2D eigenvalue weighted by Crippen LogP contribution is -2.12. The fraction of sp³-hybridized carbons (Fsp3) is 0.261. The van der Waals surface area contributed by atoms with Gasteiger partial charge in [0, 0.05) is 29.0 Å². The van der Waals surface area contributed by atoms with Gasteiger partial charge in [-0.3, -0.25) is 4.98 Å². The lowest BCUT2D eigenvalue weighted by molar-refractivity contribution is 0.202. The smallest absolute Gasteiger partial charge is 0.164 e. The van der Waals surface area contributed by atoms with E-state index in [9.17, 15) is 0 Å². The minimum atomic E-state index is -0.117. The summed E-state index contributed by atoms with van der Waals surface area (Å²) in [6, 6.07) is 11.4.